The molecule has 2 atom stereocenters. The number of aromatic nitrogens is 2. The molecule has 162 valence electrons. The average Bonchev–Trinajstić information content (AvgIpc) is 2.64. The highest BCUT2D eigenvalue weighted by Crippen LogP contribution is 2.09. The first-order chi connectivity index (χ1) is 13.9. The van der Waals surface area contributed by atoms with E-state index in [4.69, 9.17) is 5.11 Å². The van der Waals surface area contributed by atoms with Crippen molar-refractivity contribution in [3.63, 3.8) is 0 Å². The number of nitrogens with zero attached hydrogens (tertiary/aromatic N) is 3. The van der Waals surface area contributed by atoms with Crippen LogP contribution in [0.3, 0.4) is 0 Å². The Labute approximate surface area is 173 Å². The minimum atomic E-state index is -0.723. The van der Waals surface area contributed by atoms with Crippen molar-refractivity contribution in [2.24, 2.45) is 4.99 Å². The van der Waals surface area contributed by atoms with Crippen LogP contribution in [0.25, 0.3) is 0 Å². The van der Waals surface area contributed by atoms with Gasteiger partial charge in [0.2, 0.25) is 5.91 Å². The van der Waals surface area contributed by atoms with E-state index in [2.05, 4.69) is 32.5 Å². The topological polar surface area (TPSA) is 117 Å². The number of aryl methyl sites for hydroxylation is 1. The van der Waals surface area contributed by atoms with Crippen LogP contribution >= 0.6 is 0 Å². The number of aliphatic imine (C=N–C) groups is 1. The molecule has 8 nitrogen and oxygen atoms in total. The number of amides is 1. The molecule has 8 heteroatoms. The Kier molecular flexibility index (Phi) is 12.2. The Morgan fingerprint density at radius 1 is 1.07 bits per heavy atom. The van der Waals surface area contributed by atoms with Gasteiger partial charge in [0, 0.05) is 31.3 Å². The van der Waals surface area contributed by atoms with Crippen LogP contribution in [0.2, 0.25) is 0 Å². The number of carbonyl (C=O) groups is 2. The highest BCUT2D eigenvalue weighted by atomic mass is 16.4. The van der Waals surface area contributed by atoms with Gasteiger partial charge >= 0.3 is 5.97 Å². The molecule has 1 amide bonds. The monoisotopic (exact) mass is 405 g/mol. The highest BCUT2D eigenvalue weighted by molar-refractivity contribution is 5.97. The molecule has 0 fully saturated rings. The zero-order valence-electron chi connectivity index (χ0n) is 17.9. The quantitative estimate of drug-likeness (QED) is 0.543. The number of unbranched alkanes of at least 4 members (excludes halogenated alkanes) is 5. The Morgan fingerprint density at radius 2 is 1.66 bits per heavy atom. The number of hydrogen-bond donors (Lipinski definition) is 3. The molecule has 2 rings (SSSR count). The number of carboxylic acids is 1. The van der Waals surface area contributed by atoms with Crippen LogP contribution in [0.5, 0.6) is 0 Å². The predicted molar refractivity (Wildman–Crippen MR) is 114 cm³/mol. The van der Waals surface area contributed by atoms with E-state index in [9.17, 15) is 9.59 Å². The molecule has 29 heavy (non-hydrogen) atoms. The molecule has 0 radical (unpaired) electrons. The van der Waals surface area contributed by atoms with Crippen molar-refractivity contribution in [2.45, 2.75) is 90.6 Å². The fourth-order valence-corrected chi connectivity index (χ4v) is 3.02. The molecule has 1 aromatic rings. The first-order valence-electron chi connectivity index (χ1n) is 10.5. The van der Waals surface area contributed by atoms with Crippen LogP contribution in [-0.2, 0) is 9.59 Å². The van der Waals surface area contributed by atoms with E-state index in [-0.39, 0.29) is 18.4 Å². The molecule has 3 N–H and O–H groups in total. The molecule has 0 aromatic carbocycles. The van der Waals surface area contributed by atoms with E-state index in [0.717, 1.165) is 50.8 Å². The van der Waals surface area contributed by atoms with Crippen LogP contribution in [0.1, 0.15) is 77.5 Å². The maximum absolute atomic E-state index is 11.8. The van der Waals surface area contributed by atoms with Gasteiger partial charge in [0.15, 0.2) is 5.96 Å². The van der Waals surface area contributed by atoms with E-state index >= 15 is 0 Å². The number of carbonyl (C=O) groups excluding carboxylic acids is 1. The molecule has 0 spiro atoms. The van der Waals surface area contributed by atoms with Gasteiger partial charge in [-0.1, -0.05) is 25.7 Å². The Bertz CT molecular complexity index is 636. The third-order valence-electron chi connectivity index (χ3n) is 4.42. The minimum absolute atomic E-state index is 0.0124. The average molecular weight is 406 g/mol. The molecule has 2 heterocycles. The lowest BCUT2D eigenvalue weighted by molar-refractivity contribution is -0.137. The number of aliphatic carboxylic acids is 1. The summed E-state index contributed by atoms with van der Waals surface area (Å²) in [6, 6.07) is 2.39. The lowest BCUT2D eigenvalue weighted by Gasteiger charge is -2.25. The molecule has 0 bridgehead atoms. The van der Waals surface area contributed by atoms with Gasteiger partial charge in [-0.3, -0.25) is 14.9 Å². The molecule has 0 aliphatic carbocycles. The summed E-state index contributed by atoms with van der Waals surface area (Å²) in [5, 5.41) is 14.5. The van der Waals surface area contributed by atoms with E-state index in [1.165, 1.54) is 0 Å². The van der Waals surface area contributed by atoms with Crippen LogP contribution in [0, 0.1) is 6.92 Å². The summed E-state index contributed by atoms with van der Waals surface area (Å²) in [5.74, 6) is 0.713. The molecule has 1 aliphatic heterocycles. The Morgan fingerprint density at radius 3 is 2.17 bits per heavy atom. The van der Waals surface area contributed by atoms with Gasteiger partial charge in [0.1, 0.15) is 5.82 Å². The molecule has 1 unspecified atom stereocenters. The Balaban J connectivity index is 0.000000502. The third-order valence-corrected chi connectivity index (χ3v) is 4.42. The van der Waals surface area contributed by atoms with Crippen molar-refractivity contribution < 1.29 is 14.7 Å². The minimum Gasteiger partial charge on any atom is -0.481 e. The lowest BCUT2D eigenvalue weighted by atomic mass is 10.1. The largest absolute Gasteiger partial charge is 0.481 e. The zero-order chi connectivity index (χ0) is 21.5. The van der Waals surface area contributed by atoms with Gasteiger partial charge in [-0.25, -0.2) is 15.0 Å². The van der Waals surface area contributed by atoms with Gasteiger partial charge in [-0.15, -0.1) is 0 Å². The molecule has 1 aliphatic rings. The number of hydrogen-bond acceptors (Lipinski definition) is 6. The smallest absolute Gasteiger partial charge is 0.303 e. The third kappa shape index (κ3) is 13.3. The first-order valence-corrected chi connectivity index (χ1v) is 10.5. The predicted octanol–water partition coefficient (Wildman–Crippen LogP) is 3.22. The summed E-state index contributed by atoms with van der Waals surface area (Å²) in [6.45, 7) is 6.00. The number of guanidine groups is 1. The number of carboxylic acid groups (broad SMARTS) is 1. The summed E-state index contributed by atoms with van der Waals surface area (Å²) in [5.41, 5.74) is 0. The fourth-order valence-electron chi connectivity index (χ4n) is 3.02. The molecular weight excluding hydrogens is 370 g/mol. The van der Waals surface area contributed by atoms with Crippen LogP contribution in [0.15, 0.2) is 23.5 Å². The molecule has 1 aromatic heterocycles. The summed E-state index contributed by atoms with van der Waals surface area (Å²) >= 11 is 0. The maximum Gasteiger partial charge on any atom is 0.303 e. The number of rotatable bonds is 9. The van der Waals surface area contributed by atoms with Crippen molar-refractivity contribution in [3.05, 3.63) is 24.3 Å². The summed E-state index contributed by atoms with van der Waals surface area (Å²) < 4.78 is 0. The van der Waals surface area contributed by atoms with E-state index in [1.807, 2.05) is 13.8 Å². The molecule has 0 saturated carbocycles. The van der Waals surface area contributed by atoms with Crippen molar-refractivity contribution in [3.8, 4) is 0 Å². The van der Waals surface area contributed by atoms with Crippen LogP contribution < -0.4 is 10.6 Å². The van der Waals surface area contributed by atoms with E-state index in [1.54, 1.807) is 18.5 Å². The van der Waals surface area contributed by atoms with Crippen molar-refractivity contribution in [2.75, 3.05) is 0 Å². The van der Waals surface area contributed by atoms with Gasteiger partial charge in [-0.2, -0.15) is 0 Å². The van der Waals surface area contributed by atoms with E-state index < -0.39 is 5.97 Å². The van der Waals surface area contributed by atoms with Gasteiger partial charge in [0.05, 0.1) is 6.04 Å². The standard InChI is InChI=1S/C16H29N3O3.C5H6N2/c1-12-11-13(2)18-16(17-12)19-14(20)9-7-5-3-4-6-8-10-15(21)22;1-5-6-3-2-4-7-5/h12-13H,3-11H2,1-2H3,(H,21,22)(H2,17,18,19,20);2-4H,1H3/t12-,13?;/m0./s1. The second-order valence-corrected chi connectivity index (χ2v) is 7.47. The van der Waals surface area contributed by atoms with Gasteiger partial charge in [-0.05, 0) is 46.1 Å². The number of nitrogens with one attached hydrogen (secondary N) is 2. The van der Waals surface area contributed by atoms with Crippen molar-refractivity contribution in [1.82, 2.24) is 20.6 Å². The van der Waals surface area contributed by atoms with Gasteiger partial charge < -0.3 is 10.4 Å². The molecule has 0 saturated heterocycles. The SMILES string of the molecule is CC1C[C@H](C)NC(NC(=O)CCCCCCCCC(=O)O)=N1.Cc1ncccn1. The summed E-state index contributed by atoms with van der Waals surface area (Å²) in [6.07, 6.45) is 10.9. The van der Waals surface area contributed by atoms with Crippen LogP contribution in [0.4, 0.5) is 0 Å². The normalized spacial score (nSPS) is 18.0. The maximum atomic E-state index is 11.8. The summed E-state index contributed by atoms with van der Waals surface area (Å²) in [7, 11) is 0. The van der Waals surface area contributed by atoms with Gasteiger partial charge in [0.25, 0.3) is 0 Å². The van der Waals surface area contributed by atoms with Crippen LogP contribution in [-0.4, -0.2) is 45.0 Å². The zero-order valence-corrected chi connectivity index (χ0v) is 17.9. The van der Waals surface area contributed by atoms with Crippen molar-refractivity contribution >= 4 is 17.8 Å². The highest BCUT2D eigenvalue weighted by Gasteiger charge is 2.17. The van der Waals surface area contributed by atoms with Crippen molar-refractivity contribution in [1.29, 1.82) is 0 Å². The second kappa shape index (κ2) is 14.5. The lowest BCUT2D eigenvalue weighted by Crippen LogP contribution is -2.49. The first kappa shape index (κ1) is 24.5. The summed E-state index contributed by atoms with van der Waals surface area (Å²) in [4.78, 5) is 34.3. The van der Waals surface area contributed by atoms with E-state index in [0.29, 0.717) is 18.4 Å². The fraction of sp³-hybridized carbons (Fsp3) is 0.667. The second-order valence-electron chi connectivity index (χ2n) is 7.47. The molecular formula is C21H35N5O3. The Hall–Kier alpha value is -2.51.